The SMILES string of the molecule is c1ccc(-c2cccc3c2oc2c(N(c4ccccc4)c4ccc5ccc6c(N(c7ccccc7)c7ccc8ccc9cccc%10oc7c8c9%10)ccc7ccc4c5c76)cccc23)cc1. The molecule has 0 unspecified atom stereocenters. The number of furan rings is 2. The first kappa shape index (κ1) is 35.0. The van der Waals surface area contributed by atoms with Crippen molar-refractivity contribution in [1.82, 2.24) is 0 Å². The lowest BCUT2D eigenvalue weighted by molar-refractivity contribution is 0.669. The van der Waals surface area contributed by atoms with Gasteiger partial charge in [-0.05, 0) is 92.5 Å². The van der Waals surface area contributed by atoms with Gasteiger partial charge in [-0.2, -0.15) is 0 Å². The van der Waals surface area contributed by atoms with Crippen molar-refractivity contribution in [1.29, 1.82) is 0 Å². The van der Waals surface area contributed by atoms with Gasteiger partial charge in [0.1, 0.15) is 11.2 Å². The molecule has 298 valence electrons. The maximum Gasteiger partial charge on any atom is 0.160 e. The van der Waals surface area contributed by atoms with Gasteiger partial charge in [0.05, 0.1) is 22.7 Å². The van der Waals surface area contributed by atoms with E-state index < -0.39 is 0 Å². The summed E-state index contributed by atoms with van der Waals surface area (Å²) in [5.74, 6) is 0. The average molecular weight is 817 g/mol. The van der Waals surface area contributed by atoms with E-state index in [0.717, 1.165) is 94.5 Å². The third-order valence-corrected chi connectivity index (χ3v) is 13.3. The molecular formula is C60H36N2O2. The van der Waals surface area contributed by atoms with Crippen molar-refractivity contribution in [2.45, 2.75) is 0 Å². The largest absolute Gasteiger partial charge is 0.454 e. The smallest absolute Gasteiger partial charge is 0.160 e. The molecule has 0 spiro atoms. The summed E-state index contributed by atoms with van der Waals surface area (Å²) in [5.41, 5.74) is 12.0. The lowest BCUT2D eigenvalue weighted by Crippen LogP contribution is -2.11. The number of anilines is 6. The Kier molecular flexibility index (Phi) is 7.36. The molecule has 14 rings (SSSR count). The molecule has 0 aliphatic carbocycles. The first-order valence-corrected chi connectivity index (χ1v) is 21.8. The number of benzene rings is 12. The molecule has 0 aliphatic heterocycles. The van der Waals surface area contributed by atoms with E-state index in [9.17, 15) is 0 Å². The summed E-state index contributed by atoms with van der Waals surface area (Å²) in [4.78, 5) is 4.76. The Hall–Kier alpha value is -8.60. The highest BCUT2D eigenvalue weighted by molar-refractivity contribution is 6.29. The van der Waals surface area contributed by atoms with Crippen LogP contribution in [0.25, 0.3) is 98.1 Å². The predicted molar refractivity (Wildman–Crippen MR) is 268 cm³/mol. The van der Waals surface area contributed by atoms with Crippen LogP contribution >= 0.6 is 0 Å². The average Bonchev–Trinajstić information content (AvgIpc) is 3.95. The van der Waals surface area contributed by atoms with Crippen LogP contribution in [0.1, 0.15) is 0 Å². The van der Waals surface area contributed by atoms with Crippen molar-refractivity contribution in [2.75, 3.05) is 9.80 Å². The first-order valence-electron chi connectivity index (χ1n) is 21.8. The number of para-hydroxylation sites is 4. The van der Waals surface area contributed by atoms with Crippen molar-refractivity contribution >= 4 is 121 Å². The zero-order chi connectivity index (χ0) is 41.9. The molecule has 0 radical (unpaired) electrons. The molecule has 2 aromatic heterocycles. The minimum atomic E-state index is 0.849. The van der Waals surface area contributed by atoms with E-state index in [1.54, 1.807) is 0 Å². The number of hydrogen-bond donors (Lipinski definition) is 0. The quantitative estimate of drug-likeness (QED) is 0.150. The minimum absolute atomic E-state index is 0.849. The monoisotopic (exact) mass is 816 g/mol. The van der Waals surface area contributed by atoms with E-state index in [2.05, 4.69) is 228 Å². The highest BCUT2D eigenvalue weighted by Gasteiger charge is 2.26. The van der Waals surface area contributed by atoms with Crippen molar-refractivity contribution < 1.29 is 8.83 Å². The Morgan fingerprint density at radius 1 is 0.266 bits per heavy atom. The molecular weight excluding hydrogens is 781 g/mol. The van der Waals surface area contributed by atoms with Gasteiger partial charge in [-0.25, -0.2) is 0 Å². The van der Waals surface area contributed by atoms with Crippen LogP contribution in [-0.2, 0) is 0 Å². The fourth-order valence-corrected chi connectivity index (χ4v) is 10.5. The van der Waals surface area contributed by atoms with Gasteiger partial charge in [0, 0.05) is 49.3 Å². The highest BCUT2D eigenvalue weighted by Crippen LogP contribution is 2.51. The number of fused-ring (bicyclic) bond motifs is 3. The van der Waals surface area contributed by atoms with Gasteiger partial charge in [-0.3, -0.25) is 0 Å². The normalized spacial score (nSPS) is 12.1. The van der Waals surface area contributed by atoms with Crippen LogP contribution in [0.4, 0.5) is 34.1 Å². The highest BCUT2D eigenvalue weighted by atomic mass is 16.3. The summed E-state index contributed by atoms with van der Waals surface area (Å²) < 4.78 is 13.9. The molecule has 0 amide bonds. The van der Waals surface area contributed by atoms with Gasteiger partial charge >= 0.3 is 0 Å². The summed E-state index contributed by atoms with van der Waals surface area (Å²) in [6, 6.07) is 78.3. The topological polar surface area (TPSA) is 32.8 Å². The molecule has 0 fully saturated rings. The second kappa shape index (κ2) is 13.4. The Morgan fingerprint density at radius 3 is 1.39 bits per heavy atom. The molecule has 0 aliphatic rings. The van der Waals surface area contributed by atoms with Crippen molar-refractivity contribution in [3.8, 4) is 11.1 Å². The Balaban J connectivity index is 1.02. The maximum absolute atomic E-state index is 7.05. The number of rotatable bonds is 7. The molecule has 64 heavy (non-hydrogen) atoms. The molecule has 0 saturated carbocycles. The molecule has 14 aromatic rings. The standard InChI is InChI=1S/C60H36N2O2/c1-4-13-37(14-5-1)44-20-11-21-45-46-22-12-23-51(59(46)64-58(44)45)61(42-16-6-2-7-17-42)49-34-29-39-28-33-48-50(35-30-40-27-32-47(49)54(39)55(40)48)62(43-18-8-3-9-19-43)52-36-31-41-26-25-38-15-10-24-53-56(38)57(41)60(52)63-53/h1-36H. The van der Waals surface area contributed by atoms with Gasteiger partial charge in [-0.15, -0.1) is 0 Å². The Morgan fingerprint density at radius 2 is 0.750 bits per heavy atom. The third kappa shape index (κ3) is 4.99. The Labute approximate surface area is 367 Å². The fraction of sp³-hybridized carbons (Fsp3) is 0. The van der Waals surface area contributed by atoms with Crippen LogP contribution in [0, 0.1) is 0 Å². The van der Waals surface area contributed by atoms with Gasteiger partial charge in [0.2, 0.25) is 0 Å². The van der Waals surface area contributed by atoms with Gasteiger partial charge < -0.3 is 18.6 Å². The van der Waals surface area contributed by atoms with Crippen molar-refractivity contribution in [3.63, 3.8) is 0 Å². The summed E-state index contributed by atoms with van der Waals surface area (Å²) in [6.07, 6.45) is 0. The molecule has 0 saturated heterocycles. The third-order valence-electron chi connectivity index (χ3n) is 13.3. The molecule has 0 bridgehead atoms. The van der Waals surface area contributed by atoms with E-state index in [0.29, 0.717) is 0 Å². The van der Waals surface area contributed by atoms with Gasteiger partial charge in [-0.1, -0.05) is 164 Å². The first-order chi connectivity index (χ1) is 31.8. The molecule has 4 heteroatoms. The lowest BCUT2D eigenvalue weighted by atomic mass is 9.91. The number of hydrogen-bond acceptors (Lipinski definition) is 4. The Bertz CT molecular complexity index is 4080. The van der Waals surface area contributed by atoms with Crippen LogP contribution in [0.5, 0.6) is 0 Å². The van der Waals surface area contributed by atoms with Gasteiger partial charge in [0.25, 0.3) is 0 Å². The summed E-state index contributed by atoms with van der Waals surface area (Å²) in [5, 5.41) is 14.0. The van der Waals surface area contributed by atoms with Crippen LogP contribution in [-0.4, -0.2) is 0 Å². The summed E-state index contributed by atoms with van der Waals surface area (Å²) >= 11 is 0. The predicted octanol–water partition coefficient (Wildman–Crippen LogP) is 17.6. The van der Waals surface area contributed by atoms with Crippen LogP contribution in [0.15, 0.2) is 227 Å². The zero-order valence-corrected chi connectivity index (χ0v) is 34.5. The second-order valence-electron chi connectivity index (χ2n) is 16.8. The molecule has 4 nitrogen and oxygen atoms in total. The second-order valence-corrected chi connectivity index (χ2v) is 16.8. The molecule has 2 heterocycles. The maximum atomic E-state index is 7.05. The molecule has 0 N–H and O–H groups in total. The molecule has 0 atom stereocenters. The number of nitrogens with zero attached hydrogens (tertiary/aromatic N) is 2. The minimum Gasteiger partial charge on any atom is -0.454 e. The van der Waals surface area contributed by atoms with Crippen LogP contribution < -0.4 is 9.80 Å². The van der Waals surface area contributed by atoms with Crippen LogP contribution in [0.3, 0.4) is 0 Å². The zero-order valence-electron chi connectivity index (χ0n) is 34.5. The van der Waals surface area contributed by atoms with Crippen molar-refractivity contribution in [3.05, 3.63) is 218 Å². The lowest BCUT2D eigenvalue weighted by Gasteiger charge is -2.29. The molecule has 12 aromatic carbocycles. The summed E-state index contributed by atoms with van der Waals surface area (Å²) in [7, 11) is 0. The van der Waals surface area contributed by atoms with E-state index in [1.165, 1.54) is 37.7 Å². The van der Waals surface area contributed by atoms with Gasteiger partial charge in [0.15, 0.2) is 11.2 Å². The van der Waals surface area contributed by atoms with Crippen LogP contribution in [0.2, 0.25) is 0 Å². The van der Waals surface area contributed by atoms with E-state index in [-0.39, 0.29) is 0 Å². The van der Waals surface area contributed by atoms with Crippen molar-refractivity contribution in [2.24, 2.45) is 0 Å². The van der Waals surface area contributed by atoms with E-state index >= 15 is 0 Å². The van der Waals surface area contributed by atoms with E-state index in [4.69, 9.17) is 8.83 Å². The van der Waals surface area contributed by atoms with E-state index in [1.807, 2.05) is 0 Å². The summed E-state index contributed by atoms with van der Waals surface area (Å²) in [6.45, 7) is 0. The fourth-order valence-electron chi connectivity index (χ4n) is 10.5.